The second kappa shape index (κ2) is 9.94. The third-order valence-electron chi connectivity index (χ3n) is 4.30. The summed E-state index contributed by atoms with van der Waals surface area (Å²) in [5.41, 5.74) is -2.88. The number of allylic oxidation sites excluding steroid dienone is 2. The van der Waals surface area contributed by atoms with Gasteiger partial charge in [-0.2, -0.15) is 0 Å². The standard InChI is InChI=1S/C19H22ClN5O6S/c1-5-9-23-17(27)24(10-6-2)19(29)25(18(23)28)12-16(26)21-15-11-13(7-8-14(15)20)32(30,31)22(3)4/h5-8,11H,1-2,9-10,12H2,3-4H3,(H,21,26). The molecule has 0 aliphatic carbocycles. The van der Waals surface area contributed by atoms with E-state index in [1.807, 2.05) is 0 Å². The average molecular weight is 484 g/mol. The van der Waals surface area contributed by atoms with E-state index in [1.54, 1.807) is 0 Å². The van der Waals surface area contributed by atoms with Crippen molar-refractivity contribution in [3.05, 3.63) is 80.0 Å². The van der Waals surface area contributed by atoms with Crippen LogP contribution in [0.15, 0.2) is 62.8 Å². The van der Waals surface area contributed by atoms with Crippen LogP contribution in [-0.4, -0.2) is 46.4 Å². The van der Waals surface area contributed by atoms with Gasteiger partial charge in [-0.15, -0.1) is 13.2 Å². The molecule has 1 aromatic carbocycles. The fourth-order valence-electron chi connectivity index (χ4n) is 2.69. The highest BCUT2D eigenvalue weighted by atomic mass is 35.5. The van der Waals surface area contributed by atoms with Crippen molar-refractivity contribution in [1.29, 1.82) is 0 Å². The zero-order chi connectivity index (χ0) is 24.2. The Morgan fingerprint density at radius 3 is 2.00 bits per heavy atom. The summed E-state index contributed by atoms with van der Waals surface area (Å²) in [5.74, 6) is -0.834. The average Bonchev–Trinajstić information content (AvgIpc) is 2.73. The van der Waals surface area contributed by atoms with Gasteiger partial charge in [0.2, 0.25) is 15.9 Å². The number of halogens is 1. The van der Waals surface area contributed by atoms with Crippen LogP contribution >= 0.6 is 11.6 Å². The molecule has 13 heteroatoms. The number of benzene rings is 1. The first-order valence-electron chi connectivity index (χ1n) is 9.13. The first-order chi connectivity index (χ1) is 14.9. The van der Waals surface area contributed by atoms with Crippen LogP contribution in [0.5, 0.6) is 0 Å². The van der Waals surface area contributed by atoms with Crippen LogP contribution in [0, 0.1) is 0 Å². The number of carbonyl (C=O) groups is 1. The minimum Gasteiger partial charge on any atom is -0.323 e. The summed E-state index contributed by atoms with van der Waals surface area (Å²) in [4.78, 5) is 50.1. The van der Waals surface area contributed by atoms with Gasteiger partial charge in [0.25, 0.3) is 0 Å². The van der Waals surface area contributed by atoms with E-state index in [0.29, 0.717) is 4.57 Å². The summed E-state index contributed by atoms with van der Waals surface area (Å²) in [6, 6.07) is 3.73. The topological polar surface area (TPSA) is 132 Å². The minimum atomic E-state index is -3.79. The van der Waals surface area contributed by atoms with E-state index >= 15 is 0 Å². The van der Waals surface area contributed by atoms with Gasteiger partial charge in [-0.25, -0.2) is 40.8 Å². The molecule has 1 aromatic heterocycles. The Morgan fingerprint density at radius 1 is 1.03 bits per heavy atom. The van der Waals surface area contributed by atoms with Gasteiger partial charge >= 0.3 is 17.1 Å². The maximum Gasteiger partial charge on any atom is 0.337 e. The Kier molecular flexibility index (Phi) is 7.78. The fraction of sp³-hybridized carbons (Fsp3) is 0.263. The van der Waals surface area contributed by atoms with E-state index in [2.05, 4.69) is 18.5 Å². The van der Waals surface area contributed by atoms with Crippen LogP contribution in [0.25, 0.3) is 0 Å². The van der Waals surface area contributed by atoms with Crippen molar-refractivity contribution in [1.82, 2.24) is 18.0 Å². The van der Waals surface area contributed by atoms with E-state index in [-0.39, 0.29) is 28.7 Å². The summed E-state index contributed by atoms with van der Waals surface area (Å²) < 4.78 is 27.7. The molecule has 0 fully saturated rings. The number of rotatable bonds is 9. The maximum absolute atomic E-state index is 12.6. The lowest BCUT2D eigenvalue weighted by molar-refractivity contribution is -0.116. The number of hydrogen-bond acceptors (Lipinski definition) is 6. The number of hydrogen-bond donors (Lipinski definition) is 1. The van der Waals surface area contributed by atoms with Crippen molar-refractivity contribution in [3.63, 3.8) is 0 Å². The maximum atomic E-state index is 12.6. The van der Waals surface area contributed by atoms with Gasteiger partial charge in [-0.3, -0.25) is 4.79 Å². The highest BCUT2D eigenvalue weighted by Crippen LogP contribution is 2.26. The Morgan fingerprint density at radius 2 is 1.53 bits per heavy atom. The van der Waals surface area contributed by atoms with Crippen molar-refractivity contribution in [2.75, 3.05) is 19.4 Å². The smallest absolute Gasteiger partial charge is 0.323 e. The molecule has 0 unspecified atom stereocenters. The highest BCUT2D eigenvalue weighted by molar-refractivity contribution is 7.89. The van der Waals surface area contributed by atoms with E-state index < -0.39 is 39.5 Å². The van der Waals surface area contributed by atoms with Crippen molar-refractivity contribution >= 4 is 33.2 Å². The Hall–Kier alpha value is -3.22. The predicted octanol–water partition coefficient (Wildman–Crippen LogP) is 0.0861. The van der Waals surface area contributed by atoms with Crippen LogP contribution in [0.2, 0.25) is 5.02 Å². The van der Waals surface area contributed by atoms with Crippen LogP contribution in [0.1, 0.15) is 0 Å². The molecule has 172 valence electrons. The molecule has 2 rings (SSSR count). The molecule has 32 heavy (non-hydrogen) atoms. The lowest BCUT2D eigenvalue weighted by Crippen LogP contribution is -2.55. The van der Waals surface area contributed by atoms with Crippen molar-refractivity contribution in [2.45, 2.75) is 24.5 Å². The second-order valence-electron chi connectivity index (χ2n) is 6.71. The van der Waals surface area contributed by atoms with E-state index in [9.17, 15) is 27.6 Å². The molecular formula is C19H22ClN5O6S. The first-order valence-corrected chi connectivity index (χ1v) is 11.0. The molecule has 0 atom stereocenters. The third-order valence-corrected chi connectivity index (χ3v) is 6.44. The molecule has 1 heterocycles. The third kappa shape index (κ3) is 4.98. The van der Waals surface area contributed by atoms with Gasteiger partial charge in [0.15, 0.2) is 0 Å². The predicted molar refractivity (Wildman–Crippen MR) is 121 cm³/mol. The first kappa shape index (κ1) is 25.0. The number of nitrogens with zero attached hydrogens (tertiary/aromatic N) is 4. The normalized spacial score (nSPS) is 11.4. The monoisotopic (exact) mass is 483 g/mol. The van der Waals surface area contributed by atoms with Crippen molar-refractivity contribution in [2.24, 2.45) is 0 Å². The highest BCUT2D eigenvalue weighted by Gasteiger charge is 2.20. The second-order valence-corrected chi connectivity index (χ2v) is 9.27. The van der Waals surface area contributed by atoms with Gasteiger partial charge in [0.1, 0.15) is 6.54 Å². The Balaban J connectivity index is 2.48. The van der Waals surface area contributed by atoms with Crippen molar-refractivity contribution < 1.29 is 13.2 Å². The minimum absolute atomic E-state index is 0.0292. The number of nitrogens with one attached hydrogen (secondary N) is 1. The molecule has 11 nitrogen and oxygen atoms in total. The molecule has 1 amide bonds. The summed E-state index contributed by atoms with van der Waals surface area (Å²) in [6.45, 7) is 5.85. The molecular weight excluding hydrogens is 462 g/mol. The Bertz CT molecular complexity index is 1310. The number of carbonyl (C=O) groups excluding carboxylic acids is 1. The summed E-state index contributed by atoms with van der Waals surface area (Å²) in [6.07, 6.45) is 2.60. The van der Waals surface area contributed by atoms with Gasteiger partial charge < -0.3 is 5.32 Å². The van der Waals surface area contributed by atoms with Crippen LogP contribution in [0.3, 0.4) is 0 Å². The summed E-state index contributed by atoms with van der Waals surface area (Å²) in [5, 5.41) is 2.44. The lowest BCUT2D eigenvalue weighted by Gasteiger charge is -2.15. The number of aromatic nitrogens is 3. The lowest BCUT2D eigenvalue weighted by atomic mass is 10.3. The van der Waals surface area contributed by atoms with E-state index in [4.69, 9.17) is 11.6 Å². The van der Waals surface area contributed by atoms with Gasteiger partial charge in [-0.05, 0) is 18.2 Å². The quantitative estimate of drug-likeness (QED) is 0.502. The zero-order valence-corrected chi connectivity index (χ0v) is 19.0. The fourth-order valence-corrected chi connectivity index (χ4v) is 3.79. The SMILES string of the molecule is C=CCn1c(=O)n(CC=C)c(=O)n(CC(=O)Nc2cc(S(=O)(=O)N(C)C)ccc2Cl)c1=O. The largest absolute Gasteiger partial charge is 0.337 e. The zero-order valence-electron chi connectivity index (χ0n) is 17.4. The molecule has 0 saturated heterocycles. The van der Waals surface area contributed by atoms with E-state index in [0.717, 1.165) is 19.5 Å². The van der Waals surface area contributed by atoms with Gasteiger partial charge in [0.05, 0.1) is 28.7 Å². The molecule has 0 aliphatic heterocycles. The molecule has 0 radical (unpaired) electrons. The number of sulfonamides is 1. The van der Waals surface area contributed by atoms with Crippen molar-refractivity contribution in [3.8, 4) is 0 Å². The molecule has 0 saturated carbocycles. The number of anilines is 1. The molecule has 2 aromatic rings. The summed E-state index contributed by atoms with van der Waals surface area (Å²) >= 11 is 6.06. The van der Waals surface area contributed by atoms with Crippen LogP contribution < -0.4 is 22.4 Å². The number of amides is 1. The molecule has 0 aliphatic rings. The molecule has 0 spiro atoms. The van der Waals surface area contributed by atoms with E-state index in [1.165, 1.54) is 38.4 Å². The Labute approximate surface area is 188 Å². The molecule has 1 N–H and O–H groups in total. The van der Waals surface area contributed by atoms with Gasteiger partial charge in [0, 0.05) is 14.1 Å². The van der Waals surface area contributed by atoms with Crippen LogP contribution in [0.4, 0.5) is 5.69 Å². The molecule has 0 bridgehead atoms. The summed E-state index contributed by atoms with van der Waals surface area (Å²) in [7, 11) is -1.10. The van der Waals surface area contributed by atoms with Crippen LogP contribution in [-0.2, 0) is 34.5 Å². The van der Waals surface area contributed by atoms with Gasteiger partial charge in [-0.1, -0.05) is 23.8 Å².